The van der Waals surface area contributed by atoms with E-state index in [2.05, 4.69) is 55.3 Å². The molecule has 126 valence electrons. The summed E-state index contributed by atoms with van der Waals surface area (Å²) >= 11 is 0. The van der Waals surface area contributed by atoms with Gasteiger partial charge in [-0.05, 0) is 47.6 Å². The molecule has 1 unspecified atom stereocenters. The molecule has 1 aliphatic rings. The van der Waals surface area contributed by atoms with Crippen LogP contribution in [-0.2, 0) is 4.74 Å². The molecule has 0 aliphatic carbocycles. The molecule has 0 aromatic heterocycles. The van der Waals surface area contributed by atoms with Crippen molar-refractivity contribution in [1.29, 1.82) is 0 Å². The van der Waals surface area contributed by atoms with E-state index in [4.69, 9.17) is 4.74 Å². The van der Waals surface area contributed by atoms with Crippen molar-refractivity contribution in [1.82, 2.24) is 15.5 Å². The summed E-state index contributed by atoms with van der Waals surface area (Å²) in [6.45, 7) is 13.0. The van der Waals surface area contributed by atoms with Gasteiger partial charge < -0.3 is 20.3 Å². The van der Waals surface area contributed by atoms with Gasteiger partial charge in [0.1, 0.15) is 0 Å². The molecule has 0 amide bonds. The number of nitrogens with zero attached hydrogens (tertiary/aromatic N) is 2. The minimum Gasteiger partial charge on any atom is -0.373 e. The van der Waals surface area contributed by atoms with Gasteiger partial charge in [-0.15, -0.1) is 24.0 Å². The Bertz CT molecular complexity index is 304. The van der Waals surface area contributed by atoms with Gasteiger partial charge in [0.05, 0.1) is 12.1 Å². The van der Waals surface area contributed by atoms with Crippen LogP contribution in [0.15, 0.2) is 4.99 Å². The van der Waals surface area contributed by atoms with Gasteiger partial charge in [0.15, 0.2) is 5.96 Å². The van der Waals surface area contributed by atoms with Gasteiger partial charge in [-0.1, -0.05) is 0 Å². The fraction of sp³-hybridized carbons (Fsp3) is 0.933. The van der Waals surface area contributed by atoms with E-state index in [0.29, 0.717) is 6.04 Å². The standard InChI is InChI=1S/C15H32N4O.HI/c1-6-16-14(17-9-10-19(5)13(2)3)18-12-15(4)8-7-11-20-15;/h13H,6-12H2,1-5H3,(H2,16,17,18);1H. The van der Waals surface area contributed by atoms with E-state index < -0.39 is 0 Å². The van der Waals surface area contributed by atoms with Crippen molar-refractivity contribution in [3.63, 3.8) is 0 Å². The summed E-state index contributed by atoms with van der Waals surface area (Å²) in [5.74, 6) is 0.890. The van der Waals surface area contributed by atoms with E-state index in [1.165, 1.54) is 0 Å². The van der Waals surface area contributed by atoms with Gasteiger partial charge in [0.25, 0.3) is 0 Å². The van der Waals surface area contributed by atoms with Crippen LogP contribution in [0.1, 0.15) is 40.5 Å². The predicted molar refractivity (Wildman–Crippen MR) is 101 cm³/mol. The molecule has 1 saturated heterocycles. The number of halogens is 1. The van der Waals surface area contributed by atoms with Crippen LogP contribution < -0.4 is 10.6 Å². The van der Waals surface area contributed by atoms with Gasteiger partial charge in [0, 0.05) is 32.3 Å². The third kappa shape index (κ3) is 8.21. The zero-order valence-corrected chi connectivity index (χ0v) is 16.6. The molecule has 0 bridgehead atoms. The summed E-state index contributed by atoms with van der Waals surface area (Å²) in [6.07, 6.45) is 2.25. The van der Waals surface area contributed by atoms with Crippen LogP contribution in [-0.4, -0.2) is 62.3 Å². The monoisotopic (exact) mass is 412 g/mol. The maximum Gasteiger partial charge on any atom is 0.191 e. The van der Waals surface area contributed by atoms with Gasteiger partial charge in [-0.3, -0.25) is 4.99 Å². The van der Waals surface area contributed by atoms with Gasteiger partial charge in [0.2, 0.25) is 0 Å². The normalized spacial score (nSPS) is 22.5. The van der Waals surface area contributed by atoms with Crippen molar-refractivity contribution in [3.8, 4) is 0 Å². The van der Waals surface area contributed by atoms with Gasteiger partial charge in [-0.2, -0.15) is 0 Å². The number of nitrogens with one attached hydrogen (secondary N) is 2. The summed E-state index contributed by atoms with van der Waals surface area (Å²) in [5.41, 5.74) is -0.0723. The minimum atomic E-state index is -0.0723. The first-order chi connectivity index (χ1) is 9.47. The van der Waals surface area contributed by atoms with Crippen molar-refractivity contribution in [3.05, 3.63) is 0 Å². The molecule has 2 N–H and O–H groups in total. The van der Waals surface area contributed by atoms with Crippen LogP contribution in [0.3, 0.4) is 0 Å². The summed E-state index contributed by atoms with van der Waals surface area (Å²) in [4.78, 5) is 6.98. The second-order valence-corrected chi connectivity index (χ2v) is 6.10. The number of hydrogen-bond acceptors (Lipinski definition) is 3. The number of rotatable bonds is 7. The lowest BCUT2D eigenvalue weighted by Crippen LogP contribution is -2.43. The number of hydrogen-bond donors (Lipinski definition) is 2. The summed E-state index contributed by atoms with van der Waals surface area (Å²) in [7, 11) is 2.14. The van der Waals surface area contributed by atoms with Gasteiger partial charge in [-0.25, -0.2) is 0 Å². The van der Waals surface area contributed by atoms with E-state index in [1.54, 1.807) is 0 Å². The Kier molecular flexibility index (Phi) is 10.6. The lowest BCUT2D eigenvalue weighted by atomic mass is 10.0. The molecule has 6 heteroatoms. The molecule has 1 fully saturated rings. The zero-order valence-electron chi connectivity index (χ0n) is 14.2. The minimum absolute atomic E-state index is 0. The first-order valence-corrected chi connectivity index (χ1v) is 7.83. The Morgan fingerprint density at radius 1 is 1.38 bits per heavy atom. The van der Waals surface area contributed by atoms with Crippen LogP contribution in [0, 0.1) is 0 Å². The molecule has 1 atom stereocenters. The maximum absolute atomic E-state index is 5.77. The molecule has 0 radical (unpaired) electrons. The van der Waals surface area contributed by atoms with Crippen molar-refractivity contribution in [2.75, 3.05) is 39.8 Å². The molecule has 1 aliphatic heterocycles. The highest BCUT2D eigenvalue weighted by Gasteiger charge is 2.29. The third-order valence-corrected chi connectivity index (χ3v) is 3.85. The Labute approximate surface area is 147 Å². The molecule has 0 saturated carbocycles. The highest BCUT2D eigenvalue weighted by atomic mass is 127. The van der Waals surface area contributed by atoms with E-state index in [0.717, 1.165) is 51.6 Å². The molecule has 0 aromatic rings. The van der Waals surface area contributed by atoms with Crippen molar-refractivity contribution in [2.45, 2.75) is 52.2 Å². The summed E-state index contributed by atoms with van der Waals surface area (Å²) in [6, 6.07) is 0.571. The van der Waals surface area contributed by atoms with Crippen LogP contribution >= 0.6 is 24.0 Å². The first-order valence-electron chi connectivity index (χ1n) is 7.83. The Balaban J connectivity index is 0.00000400. The third-order valence-electron chi connectivity index (χ3n) is 3.85. The molecule has 0 aromatic carbocycles. The van der Waals surface area contributed by atoms with Crippen LogP contribution in [0.4, 0.5) is 0 Å². The van der Waals surface area contributed by atoms with Crippen LogP contribution in [0.5, 0.6) is 0 Å². The molecular formula is C15H33IN4O. The lowest BCUT2D eigenvalue weighted by molar-refractivity contribution is 0.0283. The Hall–Kier alpha value is -0.0800. The van der Waals surface area contributed by atoms with Crippen LogP contribution in [0.25, 0.3) is 0 Å². The number of ether oxygens (including phenoxy) is 1. The zero-order chi connectivity index (χ0) is 15.0. The van der Waals surface area contributed by atoms with Crippen molar-refractivity contribution < 1.29 is 4.74 Å². The average Bonchev–Trinajstić information content (AvgIpc) is 2.83. The predicted octanol–water partition coefficient (Wildman–Crippen LogP) is 2.07. The topological polar surface area (TPSA) is 48.9 Å². The quantitative estimate of drug-likeness (QED) is 0.382. The highest BCUT2D eigenvalue weighted by Crippen LogP contribution is 2.24. The van der Waals surface area contributed by atoms with E-state index in [9.17, 15) is 0 Å². The molecule has 1 heterocycles. The molecule has 1 rings (SSSR count). The molecule has 0 spiro atoms. The number of likely N-dealkylation sites (N-methyl/N-ethyl adjacent to an activating group) is 1. The second kappa shape index (κ2) is 10.6. The molecule has 21 heavy (non-hydrogen) atoms. The van der Waals surface area contributed by atoms with Crippen LogP contribution in [0.2, 0.25) is 0 Å². The van der Waals surface area contributed by atoms with E-state index in [1.807, 2.05) is 0 Å². The van der Waals surface area contributed by atoms with Crippen molar-refractivity contribution in [2.24, 2.45) is 4.99 Å². The van der Waals surface area contributed by atoms with E-state index >= 15 is 0 Å². The van der Waals surface area contributed by atoms with E-state index in [-0.39, 0.29) is 29.6 Å². The van der Waals surface area contributed by atoms with Crippen molar-refractivity contribution >= 4 is 29.9 Å². The van der Waals surface area contributed by atoms with Gasteiger partial charge >= 0.3 is 0 Å². The second-order valence-electron chi connectivity index (χ2n) is 6.10. The Morgan fingerprint density at radius 3 is 2.62 bits per heavy atom. The SMILES string of the molecule is CCNC(=NCC1(C)CCCO1)NCCN(C)C(C)C.I. The fourth-order valence-electron chi connectivity index (χ4n) is 2.16. The summed E-state index contributed by atoms with van der Waals surface area (Å²) in [5, 5.41) is 6.68. The smallest absolute Gasteiger partial charge is 0.191 e. The number of guanidine groups is 1. The fourth-order valence-corrected chi connectivity index (χ4v) is 2.16. The summed E-state index contributed by atoms with van der Waals surface area (Å²) < 4.78 is 5.77. The Morgan fingerprint density at radius 2 is 2.10 bits per heavy atom. The maximum atomic E-state index is 5.77. The molecular weight excluding hydrogens is 379 g/mol. The largest absolute Gasteiger partial charge is 0.373 e. The first kappa shape index (κ1) is 20.9. The lowest BCUT2D eigenvalue weighted by Gasteiger charge is -2.23. The average molecular weight is 412 g/mol. The highest BCUT2D eigenvalue weighted by molar-refractivity contribution is 14.0. The molecule has 5 nitrogen and oxygen atoms in total. The number of aliphatic imine (C=N–C) groups is 1.